The first-order valence-corrected chi connectivity index (χ1v) is 13.1. The van der Waals surface area contributed by atoms with Crippen LogP contribution in [-0.2, 0) is 16.0 Å². The zero-order valence-corrected chi connectivity index (χ0v) is 22.0. The van der Waals surface area contributed by atoms with Crippen LogP contribution in [0.5, 0.6) is 11.5 Å². The molecule has 2 amide bonds. The van der Waals surface area contributed by atoms with Gasteiger partial charge >= 0.3 is 0 Å². The third kappa shape index (κ3) is 7.47. The van der Waals surface area contributed by atoms with Crippen molar-refractivity contribution in [3.05, 3.63) is 60.2 Å². The van der Waals surface area contributed by atoms with E-state index in [-0.39, 0.29) is 29.9 Å². The van der Waals surface area contributed by atoms with Gasteiger partial charge in [0.05, 0.1) is 19.2 Å². The van der Waals surface area contributed by atoms with E-state index in [2.05, 4.69) is 18.3 Å². The highest BCUT2D eigenvalue weighted by molar-refractivity contribution is 5.90. The molecule has 2 aromatic carbocycles. The molecule has 36 heavy (non-hydrogen) atoms. The monoisotopic (exact) mass is 495 g/mol. The number of nitrogens with one attached hydrogen (secondary N) is 1. The normalized spacial score (nSPS) is 19.1. The average Bonchev–Trinajstić information content (AvgIpc) is 3.27. The smallest absolute Gasteiger partial charge is 0.245 e. The molecule has 2 aromatic rings. The van der Waals surface area contributed by atoms with Crippen molar-refractivity contribution in [1.82, 2.24) is 10.2 Å². The summed E-state index contributed by atoms with van der Waals surface area (Å²) in [7, 11) is 0. The molecule has 3 N–H and O–H groups in total. The molecule has 1 aliphatic rings. The van der Waals surface area contributed by atoms with E-state index in [9.17, 15) is 9.59 Å². The largest absolute Gasteiger partial charge is 0.493 e. The molecule has 1 fully saturated rings. The minimum absolute atomic E-state index is 0.00434. The van der Waals surface area contributed by atoms with Crippen molar-refractivity contribution < 1.29 is 19.1 Å². The Morgan fingerprint density at radius 2 is 1.78 bits per heavy atom. The number of amides is 2. The van der Waals surface area contributed by atoms with Gasteiger partial charge in [-0.3, -0.25) is 9.59 Å². The number of hydrogen-bond donors (Lipinski definition) is 2. The Labute approximate surface area is 215 Å². The van der Waals surface area contributed by atoms with Crippen LogP contribution in [0.25, 0.3) is 0 Å². The van der Waals surface area contributed by atoms with Gasteiger partial charge in [0.15, 0.2) is 0 Å². The van der Waals surface area contributed by atoms with E-state index in [0.29, 0.717) is 13.2 Å². The fraction of sp³-hybridized carbons (Fsp3) is 0.517. The number of carbonyl (C=O) groups excluding carboxylic acids is 2. The summed E-state index contributed by atoms with van der Waals surface area (Å²) in [5.41, 5.74) is 6.94. The van der Waals surface area contributed by atoms with Crippen LogP contribution in [0.3, 0.4) is 0 Å². The number of nitrogens with zero attached hydrogens (tertiary/aromatic N) is 1. The predicted octanol–water partition coefficient (Wildman–Crippen LogP) is 3.94. The lowest BCUT2D eigenvalue weighted by atomic mass is 10.0. The molecule has 7 nitrogen and oxygen atoms in total. The van der Waals surface area contributed by atoms with Gasteiger partial charge in [0.2, 0.25) is 11.8 Å². The number of nitrogens with two attached hydrogens (primary N) is 1. The standard InChI is InChI=1S/C29H41N3O4/c1-5-22-12-9-10-16-26(22)35-17-11-13-23-18-25(36-24-14-7-6-8-15-24)19-32(23)29(34)27(20(2)3)31-28(33)21(4)30/h6-10,12,14-16,20-21,23,25,27H,5,11,13,17-19,30H2,1-4H3,(H,31,33)/t21-,23-,25-,27-/m0/s1. The lowest BCUT2D eigenvalue weighted by Gasteiger charge is -2.31. The molecule has 0 unspecified atom stereocenters. The summed E-state index contributed by atoms with van der Waals surface area (Å²) < 4.78 is 12.3. The number of benzene rings is 2. The van der Waals surface area contributed by atoms with Crippen LogP contribution in [0.15, 0.2) is 54.6 Å². The second-order valence-electron chi connectivity index (χ2n) is 9.90. The topological polar surface area (TPSA) is 93.9 Å². The number of rotatable bonds is 12. The van der Waals surface area contributed by atoms with E-state index in [1.54, 1.807) is 6.92 Å². The maximum atomic E-state index is 13.7. The number of carbonyl (C=O) groups is 2. The summed E-state index contributed by atoms with van der Waals surface area (Å²) in [6.45, 7) is 8.67. The van der Waals surface area contributed by atoms with E-state index >= 15 is 0 Å². The first kappa shape index (κ1) is 27.5. The number of likely N-dealkylation sites (tertiary alicyclic amines) is 1. The van der Waals surface area contributed by atoms with Crippen LogP contribution in [0.1, 0.15) is 52.5 Å². The molecular formula is C29H41N3O4. The second kappa shape index (κ2) is 13.3. The first-order chi connectivity index (χ1) is 17.3. The fourth-order valence-electron chi connectivity index (χ4n) is 4.61. The molecule has 0 spiro atoms. The highest BCUT2D eigenvalue weighted by Gasteiger charge is 2.40. The number of hydrogen-bond acceptors (Lipinski definition) is 5. The highest BCUT2D eigenvalue weighted by Crippen LogP contribution is 2.28. The number of aryl methyl sites for hydroxylation is 1. The van der Waals surface area contributed by atoms with Crippen LogP contribution in [0.4, 0.5) is 0 Å². The molecule has 1 heterocycles. The van der Waals surface area contributed by atoms with Gasteiger partial charge in [-0.05, 0) is 55.9 Å². The Morgan fingerprint density at radius 1 is 1.08 bits per heavy atom. The minimum atomic E-state index is -0.675. The first-order valence-electron chi connectivity index (χ1n) is 13.1. The van der Waals surface area contributed by atoms with E-state index in [4.69, 9.17) is 15.2 Å². The van der Waals surface area contributed by atoms with Crippen molar-refractivity contribution in [2.45, 2.75) is 77.6 Å². The van der Waals surface area contributed by atoms with Gasteiger partial charge < -0.3 is 25.4 Å². The molecule has 0 saturated carbocycles. The Morgan fingerprint density at radius 3 is 2.44 bits per heavy atom. The third-order valence-electron chi connectivity index (χ3n) is 6.64. The molecule has 196 valence electrons. The molecule has 0 bridgehead atoms. The molecule has 3 rings (SSSR count). The van der Waals surface area contributed by atoms with E-state index < -0.39 is 12.1 Å². The Bertz CT molecular complexity index is 979. The number of para-hydroxylation sites is 2. The van der Waals surface area contributed by atoms with Crippen molar-refractivity contribution in [1.29, 1.82) is 0 Å². The molecule has 1 aliphatic heterocycles. The second-order valence-corrected chi connectivity index (χ2v) is 9.90. The van der Waals surface area contributed by atoms with Gasteiger partial charge in [-0.15, -0.1) is 0 Å². The summed E-state index contributed by atoms with van der Waals surface area (Å²) in [5, 5.41) is 2.86. The molecule has 0 radical (unpaired) electrons. The maximum absolute atomic E-state index is 13.7. The minimum Gasteiger partial charge on any atom is -0.493 e. The summed E-state index contributed by atoms with van der Waals surface area (Å²) in [4.78, 5) is 27.9. The zero-order valence-electron chi connectivity index (χ0n) is 22.0. The Hall–Kier alpha value is -3.06. The van der Waals surface area contributed by atoms with E-state index in [1.165, 1.54) is 5.56 Å². The van der Waals surface area contributed by atoms with Crippen LogP contribution in [0.2, 0.25) is 0 Å². The van der Waals surface area contributed by atoms with E-state index in [1.807, 2.05) is 67.3 Å². The van der Waals surface area contributed by atoms with Gasteiger partial charge in [-0.1, -0.05) is 57.2 Å². The van der Waals surface area contributed by atoms with Gasteiger partial charge in [-0.25, -0.2) is 0 Å². The molecule has 1 saturated heterocycles. The van der Waals surface area contributed by atoms with Crippen molar-refractivity contribution in [3.8, 4) is 11.5 Å². The van der Waals surface area contributed by atoms with Crippen molar-refractivity contribution >= 4 is 11.8 Å². The van der Waals surface area contributed by atoms with Gasteiger partial charge in [0.25, 0.3) is 0 Å². The third-order valence-corrected chi connectivity index (χ3v) is 6.64. The predicted molar refractivity (Wildman–Crippen MR) is 142 cm³/mol. The van der Waals surface area contributed by atoms with Crippen molar-refractivity contribution in [3.63, 3.8) is 0 Å². The Balaban J connectivity index is 1.68. The van der Waals surface area contributed by atoms with Gasteiger partial charge in [0, 0.05) is 12.5 Å². The van der Waals surface area contributed by atoms with Gasteiger partial charge in [-0.2, -0.15) is 0 Å². The van der Waals surface area contributed by atoms with Crippen molar-refractivity contribution in [2.24, 2.45) is 11.7 Å². The van der Waals surface area contributed by atoms with Crippen LogP contribution in [0, 0.1) is 5.92 Å². The molecule has 4 atom stereocenters. The zero-order chi connectivity index (χ0) is 26.1. The van der Waals surface area contributed by atoms with Gasteiger partial charge in [0.1, 0.15) is 23.6 Å². The summed E-state index contributed by atoms with van der Waals surface area (Å²) in [5.74, 6) is 1.24. The fourth-order valence-corrected chi connectivity index (χ4v) is 4.61. The highest BCUT2D eigenvalue weighted by atomic mass is 16.5. The SMILES string of the molecule is CCc1ccccc1OCCC[C@H]1C[C@H](Oc2ccccc2)CN1C(=O)[C@@H](NC(=O)[C@H](C)N)C(C)C. The quantitative estimate of drug-likeness (QED) is 0.435. The Kier molecular flexibility index (Phi) is 10.2. The van der Waals surface area contributed by atoms with Crippen molar-refractivity contribution in [2.75, 3.05) is 13.2 Å². The van der Waals surface area contributed by atoms with Crippen LogP contribution in [-0.4, -0.2) is 54.1 Å². The molecular weight excluding hydrogens is 454 g/mol. The summed E-state index contributed by atoms with van der Waals surface area (Å²) in [6.07, 6.45) is 3.14. The van der Waals surface area contributed by atoms with Crippen LogP contribution < -0.4 is 20.5 Å². The maximum Gasteiger partial charge on any atom is 0.245 e. The van der Waals surface area contributed by atoms with Crippen LogP contribution >= 0.6 is 0 Å². The average molecular weight is 496 g/mol. The van der Waals surface area contributed by atoms with E-state index in [0.717, 1.165) is 37.2 Å². The summed E-state index contributed by atoms with van der Waals surface area (Å²) >= 11 is 0. The molecule has 0 aromatic heterocycles. The lowest BCUT2D eigenvalue weighted by molar-refractivity contribution is -0.139. The lowest BCUT2D eigenvalue weighted by Crippen LogP contribution is -2.55. The molecule has 7 heteroatoms. The number of ether oxygens (including phenoxy) is 2. The molecule has 0 aliphatic carbocycles. The summed E-state index contributed by atoms with van der Waals surface area (Å²) in [6, 6.07) is 16.5.